The van der Waals surface area contributed by atoms with Gasteiger partial charge in [-0.25, -0.2) is 0 Å². The average molecular weight is 295 g/mol. The van der Waals surface area contributed by atoms with Gasteiger partial charge in [-0.15, -0.1) is 11.8 Å². The zero-order valence-electron chi connectivity index (χ0n) is 12.9. The highest BCUT2D eigenvalue weighted by atomic mass is 32.2. The van der Waals surface area contributed by atoms with E-state index in [9.17, 15) is 4.79 Å². The van der Waals surface area contributed by atoms with Gasteiger partial charge < -0.3 is 10.1 Å². The van der Waals surface area contributed by atoms with Crippen LogP contribution in [0.3, 0.4) is 0 Å². The Balaban J connectivity index is 2.69. The summed E-state index contributed by atoms with van der Waals surface area (Å²) >= 11 is 1.61. The standard InChI is InChI=1S/C16H25NO2S/c1-5-6-17-15(10-20-11-16(18)19-4)14-8-12(2)7-13(3)9-14/h7-9,15,17H,5-6,10-11H2,1-4H3. The fourth-order valence-electron chi connectivity index (χ4n) is 2.12. The smallest absolute Gasteiger partial charge is 0.315 e. The fraction of sp³-hybridized carbons (Fsp3) is 0.562. The van der Waals surface area contributed by atoms with Gasteiger partial charge in [-0.3, -0.25) is 4.79 Å². The van der Waals surface area contributed by atoms with Crippen molar-refractivity contribution in [1.82, 2.24) is 5.32 Å². The molecule has 20 heavy (non-hydrogen) atoms. The summed E-state index contributed by atoms with van der Waals surface area (Å²) in [6, 6.07) is 6.91. The molecule has 0 spiro atoms. The molecule has 0 saturated heterocycles. The second kappa shape index (κ2) is 9.03. The van der Waals surface area contributed by atoms with Crippen LogP contribution in [0.1, 0.15) is 36.1 Å². The number of methoxy groups -OCH3 is 1. The average Bonchev–Trinajstić information content (AvgIpc) is 2.41. The molecule has 0 amide bonds. The zero-order chi connectivity index (χ0) is 15.0. The maximum atomic E-state index is 11.2. The number of ether oxygens (including phenoxy) is 1. The van der Waals surface area contributed by atoms with Gasteiger partial charge in [0.15, 0.2) is 0 Å². The fourth-order valence-corrected chi connectivity index (χ4v) is 3.07. The number of esters is 1. The van der Waals surface area contributed by atoms with Gasteiger partial charge in [0, 0.05) is 11.8 Å². The van der Waals surface area contributed by atoms with Gasteiger partial charge in [0.25, 0.3) is 0 Å². The minimum Gasteiger partial charge on any atom is -0.468 e. The lowest BCUT2D eigenvalue weighted by atomic mass is 10.0. The number of nitrogens with one attached hydrogen (secondary N) is 1. The maximum absolute atomic E-state index is 11.2. The van der Waals surface area contributed by atoms with Crippen molar-refractivity contribution in [2.45, 2.75) is 33.2 Å². The first-order valence-corrected chi connectivity index (χ1v) is 8.18. The van der Waals surface area contributed by atoms with Crippen LogP contribution < -0.4 is 5.32 Å². The Morgan fingerprint density at radius 3 is 2.50 bits per heavy atom. The first-order chi connectivity index (χ1) is 9.56. The lowest BCUT2D eigenvalue weighted by Crippen LogP contribution is -2.25. The number of hydrogen-bond acceptors (Lipinski definition) is 4. The predicted molar refractivity (Wildman–Crippen MR) is 86.3 cm³/mol. The van der Waals surface area contributed by atoms with Gasteiger partial charge in [0.2, 0.25) is 0 Å². The summed E-state index contributed by atoms with van der Waals surface area (Å²) < 4.78 is 4.68. The molecule has 0 bridgehead atoms. The Bertz CT molecular complexity index is 414. The quantitative estimate of drug-likeness (QED) is 0.747. The van der Waals surface area contributed by atoms with Gasteiger partial charge in [-0.1, -0.05) is 36.2 Å². The number of aryl methyl sites for hydroxylation is 2. The monoisotopic (exact) mass is 295 g/mol. The molecule has 0 fully saturated rings. The lowest BCUT2D eigenvalue weighted by molar-refractivity contribution is -0.137. The zero-order valence-corrected chi connectivity index (χ0v) is 13.7. The van der Waals surface area contributed by atoms with Crippen molar-refractivity contribution in [1.29, 1.82) is 0 Å². The van der Waals surface area contributed by atoms with E-state index < -0.39 is 0 Å². The maximum Gasteiger partial charge on any atom is 0.315 e. The number of carbonyl (C=O) groups is 1. The van der Waals surface area contributed by atoms with Crippen LogP contribution in [0.5, 0.6) is 0 Å². The van der Waals surface area contributed by atoms with Crippen LogP contribution in [0.25, 0.3) is 0 Å². The van der Waals surface area contributed by atoms with Gasteiger partial charge in [0.05, 0.1) is 12.9 Å². The van der Waals surface area contributed by atoms with Crippen LogP contribution >= 0.6 is 11.8 Å². The van der Waals surface area contributed by atoms with E-state index in [-0.39, 0.29) is 12.0 Å². The van der Waals surface area contributed by atoms with E-state index in [1.54, 1.807) is 11.8 Å². The molecule has 1 rings (SSSR count). The molecule has 112 valence electrons. The third-order valence-corrected chi connectivity index (χ3v) is 4.03. The van der Waals surface area contributed by atoms with Gasteiger partial charge in [0.1, 0.15) is 0 Å². The molecule has 0 saturated carbocycles. The Morgan fingerprint density at radius 1 is 1.30 bits per heavy atom. The summed E-state index contributed by atoms with van der Waals surface area (Å²) in [6.45, 7) is 7.38. The van der Waals surface area contributed by atoms with E-state index in [2.05, 4.69) is 49.0 Å². The number of hydrogen-bond donors (Lipinski definition) is 1. The molecule has 0 aromatic heterocycles. The predicted octanol–water partition coefficient (Wildman–Crippen LogP) is 3.25. The summed E-state index contributed by atoms with van der Waals surface area (Å²) in [7, 11) is 1.43. The molecule has 4 heteroatoms. The molecule has 1 aromatic carbocycles. The van der Waals surface area contributed by atoms with E-state index in [4.69, 9.17) is 0 Å². The molecule has 0 radical (unpaired) electrons. The van der Waals surface area contributed by atoms with Crippen LogP contribution in [0.4, 0.5) is 0 Å². The Hall–Kier alpha value is -1.00. The Labute approximate surface area is 126 Å². The number of thioether (sulfide) groups is 1. The van der Waals surface area contributed by atoms with Crippen LogP contribution in [0.15, 0.2) is 18.2 Å². The van der Waals surface area contributed by atoms with Crippen molar-refractivity contribution < 1.29 is 9.53 Å². The molecule has 0 aliphatic heterocycles. The SMILES string of the molecule is CCCNC(CSCC(=O)OC)c1cc(C)cc(C)c1. The molecule has 1 unspecified atom stereocenters. The number of carbonyl (C=O) groups excluding carboxylic acids is 1. The molecule has 0 aliphatic carbocycles. The minimum atomic E-state index is -0.162. The minimum absolute atomic E-state index is 0.162. The topological polar surface area (TPSA) is 38.3 Å². The normalized spacial score (nSPS) is 12.2. The van der Waals surface area contributed by atoms with Crippen molar-refractivity contribution >= 4 is 17.7 Å². The van der Waals surface area contributed by atoms with Gasteiger partial charge >= 0.3 is 5.97 Å². The lowest BCUT2D eigenvalue weighted by Gasteiger charge is -2.19. The van der Waals surface area contributed by atoms with E-state index in [1.807, 2.05) is 0 Å². The molecule has 3 nitrogen and oxygen atoms in total. The molecule has 1 aromatic rings. The second-order valence-corrected chi connectivity index (χ2v) is 6.05. The van der Waals surface area contributed by atoms with Crippen molar-refractivity contribution in [3.8, 4) is 0 Å². The van der Waals surface area contributed by atoms with Crippen LogP contribution in [-0.2, 0) is 9.53 Å². The van der Waals surface area contributed by atoms with Crippen LogP contribution in [-0.4, -0.2) is 31.1 Å². The van der Waals surface area contributed by atoms with Gasteiger partial charge in [-0.05, 0) is 32.4 Å². The molecular weight excluding hydrogens is 270 g/mol. The third kappa shape index (κ3) is 5.97. The molecule has 1 atom stereocenters. The Kier molecular flexibility index (Phi) is 7.70. The number of benzene rings is 1. The van der Waals surface area contributed by atoms with Crippen LogP contribution in [0.2, 0.25) is 0 Å². The van der Waals surface area contributed by atoms with E-state index in [1.165, 1.54) is 23.8 Å². The second-order valence-electron chi connectivity index (χ2n) is 5.02. The summed E-state index contributed by atoms with van der Waals surface area (Å²) in [5.74, 6) is 1.12. The largest absolute Gasteiger partial charge is 0.468 e. The van der Waals surface area contributed by atoms with Crippen LogP contribution in [0, 0.1) is 13.8 Å². The summed E-state index contributed by atoms with van der Waals surface area (Å²) in [6.07, 6.45) is 1.10. The van der Waals surface area contributed by atoms with Crippen molar-refractivity contribution in [3.63, 3.8) is 0 Å². The van der Waals surface area contributed by atoms with Gasteiger partial charge in [-0.2, -0.15) is 0 Å². The first-order valence-electron chi connectivity index (χ1n) is 7.03. The van der Waals surface area contributed by atoms with Crippen molar-refractivity contribution in [3.05, 3.63) is 34.9 Å². The highest BCUT2D eigenvalue weighted by molar-refractivity contribution is 7.99. The molecule has 1 N–H and O–H groups in total. The molecule has 0 aliphatic rings. The molecular formula is C16H25NO2S. The highest BCUT2D eigenvalue weighted by Gasteiger charge is 2.13. The summed E-state index contributed by atoms with van der Waals surface area (Å²) in [4.78, 5) is 11.2. The van der Waals surface area contributed by atoms with E-state index >= 15 is 0 Å². The highest BCUT2D eigenvalue weighted by Crippen LogP contribution is 2.21. The van der Waals surface area contributed by atoms with Crippen molar-refractivity contribution in [2.75, 3.05) is 25.2 Å². The van der Waals surface area contributed by atoms with E-state index in [0.717, 1.165) is 18.7 Å². The summed E-state index contributed by atoms with van der Waals surface area (Å²) in [5, 5.41) is 3.56. The first kappa shape index (κ1) is 17.1. The molecule has 0 heterocycles. The Morgan fingerprint density at radius 2 is 1.95 bits per heavy atom. The number of rotatable bonds is 8. The third-order valence-electron chi connectivity index (χ3n) is 3.02. The summed E-state index contributed by atoms with van der Waals surface area (Å²) in [5.41, 5.74) is 3.86. The van der Waals surface area contributed by atoms with E-state index in [0.29, 0.717) is 5.75 Å². The van der Waals surface area contributed by atoms with Crippen molar-refractivity contribution in [2.24, 2.45) is 0 Å².